The molecule has 0 bridgehead atoms. The van der Waals surface area contributed by atoms with Crippen molar-refractivity contribution in [3.8, 4) is 5.75 Å². The topological polar surface area (TPSA) is 78.9 Å². The summed E-state index contributed by atoms with van der Waals surface area (Å²) in [5.74, 6) is 0.504. The Hall–Kier alpha value is -2.86. The van der Waals surface area contributed by atoms with Gasteiger partial charge in [0.1, 0.15) is 5.75 Å². The molecule has 146 valence electrons. The molecule has 1 heterocycles. The van der Waals surface area contributed by atoms with E-state index in [1.807, 2.05) is 41.3 Å². The van der Waals surface area contributed by atoms with Crippen molar-refractivity contribution in [3.05, 3.63) is 64.7 Å². The lowest BCUT2D eigenvalue weighted by atomic mass is 9.70. The van der Waals surface area contributed by atoms with Gasteiger partial charge in [0.05, 0.1) is 12.5 Å². The van der Waals surface area contributed by atoms with Crippen molar-refractivity contribution in [2.24, 2.45) is 5.41 Å². The zero-order valence-electron chi connectivity index (χ0n) is 15.9. The number of amides is 2. The summed E-state index contributed by atoms with van der Waals surface area (Å²) >= 11 is 0. The van der Waals surface area contributed by atoms with E-state index in [0.717, 1.165) is 48.2 Å². The highest BCUT2D eigenvalue weighted by Crippen LogP contribution is 2.44. The largest absolute Gasteiger partial charge is 0.496 e. The van der Waals surface area contributed by atoms with Crippen molar-refractivity contribution >= 4 is 11.8 Å². The van der Waals surface area contributed by atoms with Crippen LogP contribution in [-0.4, -0.2) is 35.6 Å². The number of nitrogens with zero attached hydrogens (tertiary/aromatic N) is 1. The van der Waals surface area contributed by atoms with E-state index in [9.17, 15) is 9.59 Å². The Balaban J connectivity index is 1.53. The molecule has 0 aromatic heterocycles. The Morgan fingerprint density at radius 2 is 2.04 bits per heavy atom. The number of fused-ring (bicyclic) bond motifs is 1. The van der Waals surface area contributed by atoms with Crippen molar-refractivity contribution in [1.82, 2.24) is 10.4 Å². The highest BCUT2D eigenvalue weighted by molar-refractivity contribution is 5.93. The van der Waals surface area contributed by atoms with Gasteiger partial charge in [-0.1, -0.05) is 24.3 Å². The molecule has 1 aliphatic heterocycles. The summed E-state index contributed by atoms with van der Waals surface area (Å²) in [6.45, 7) is 1.31. The number of hydroxylamine groups is 1. The average Bonchev–Trinajstić information content (AvgIpc) is 3.02. The first-order valence-corrected chi connectivity index (χ1v) is 9.54. The van der Waals surface area contributed by atoms with Gasteiger partial charge in [-0.05, 0) is 55.0 Å². The van der Waals surface area contributed by atoms with E-state index in [-0.39, 0.29) is 11.3 Å². The Labute approximate surface area is 164 Å². The lowest BCUT2D eigenvalue weighted by Gasteiger charge is -2.33. The number of ether oxygens (including phenoxy) is 1. The molecule has 1 atom stereocenters. The number of hydrogen-bond acceptors (Lipinski definition) is 4. The molecule has 6 heteroatoms. The fourth-order valence-electron chi connectivity index (χ4n) is 4.54. The molecule has 2 N–H and O–H groups in total. The maximum absolute atomic E-state index is 13.3. The molecule has 0 radical (unpaired) electrons. The number of benzene rings is 2. The van der Waals surface area contributed by atoms with Crippen LogP contribution < -0.4 is 10.2 Å². The van der Waals surface area contributed by atoms with Crippen LogP contribution in [0.3, 0.4) is 0 Å². The molecule has 0 saturated carbocycles. The first-order chi connectivity index (χ1) is 13.6. The average molecular weight is 380 g/mol. The molecule has 1 aliphatic carbocycles. The highest BCUT2D eigenvalue weighted by atomic mass is 16.5. The summed E-state index contributed by atoms with van der Waals surface area (Å²) in [7, 11) is 1.65. The van der Waals surface area contributed by atoms with Gasteiger partial charge in [-0.25, -0.2) is 5.48 Å². The third-order valence-corrected chi connectivity index (χ3v) is 6.13. The molecule has 2 amide bonds. The first kappa shape index (κ1) is 18.5. The summed E-state index contributed by atoms with van der Waals surface area (Å²) < 4.78 is 5.43. The predicted molar refractivity (Wildman–Crippen MR) is 103 cm³/mol. The number of nitrogens with one attached hydrogen (secondary N) is 1. The molecule has 1 saturated heterocycles. The predicted octanol–water partition coefficient (Wildman–Crippen LogP) is 2.72. The van der Waals surface area contributed by atoms with Crippen LogP contribution in [0, 0.1) is 5.41 Å². The smallest absolute Gasteiger partial charge is 0.274 e. The molecular weight excluding hydrogens is 356 g/mol. The van der Waals surface area contributed by atoms with E-state index < -0.39 is 5.91 Å². The molecule has 28 heavy (non-hydrogen) atoms. The molecule has 2 aromatic rings. The van der Waals surface area contributed by atoms with Crippen LogP contribution in [0.5, 0.6) is 5.75 Å². The number of aryl methyl sites for hydroxylation is 1. The van der Waals surface area contributed by atoms with Gasteiger partial charge in [0.15, 0.2) is 0 Å². The Kier molecular flexibility index (Phi) is 4.81. The number of likely N-dealkylation sites (tertiary alicyclic amines) is 1. The number of para-hydroxylation sites is 1. The normalized spacial score (nSPS) is 20.9. The minimum atomic E-state index is -0.511. The second-order valence-electron chi connectivity index (χ2n) is 7.67. The molecule has 1 unspecified atom stereocenters. The molecule has 2 aliphatic rings. The van der Waals surface area contributed by atoms with Crippen molar-refractivity contribution in [2.75, 3.05) is 13.7 Å². The first-order valence-electron chi connectivity index (χ1n) is 9.54. The van der Waals surface area contributed by atoms with Crippen LogP contribution in [0.25, 0.3) is 0 Å². The maximum atomic E-state index is 13.3. The van der Waals surface area contributed by atoms with Crippen molar-refractivity contribution in [1.29, 1.82) is 0 Å². The molecular formula is C22H24N2O4. The van der Waals surface area contributed by atoms with Gasteiger partial charge in [0.2, 0.25) is 5.91 Å². The van der Waals surface area contributed by atoms with E-state index in [1.54, 1.807) is 18.7 Å². The standard InChI is InChI=1S/C22H24N2O4/c1-28-19-5-3-2-4-18(19)14-24-11-10-22(21(24)26)9-8-15-12-16(20(25)23-27)6-7-17(15)13-22/h2-7,12,27H,8-11,13-14H2,1H3,(H,23,25). The van der Waals surface area contributed by atoms with Crippen LogP contribution >= 0.6 is 0 Å². The summed E-state index contributed by atoms with van der Waals surface area (Å²) in [5, 5.41) is 8.82. The van der Waals surface area contributed by atoms with E-state index in [4.69, 9.17) is 9.94 Å². The molecule has 2 aromatic carbocycles. The molecule has 4 rings (SSSR count). The van der Waals surface area contributed by atoms with Crippen LogP contribution in [0.2, 0.25) is 0 Å². The Morgan fingerprint density at radius 3 is 2.82 bits per heavy atom. The van der Waals surface area contributed by atoms with Crippen LogP contribution in [0.15, 0.2) is 42.5 Å². The van der Waals surface area contributed by atoms with E-state index >= 15 is 0 Å². The van der Waals surface area contributed by atoms with Gasteiger partial charge < -0.3 is 9.64 Å². The van der Waals surface area contributed by atoms with Gasteiger partial charge in [0.25, 0.3) is 5.91 Å². The molecule has 6 nitrogen and oxygen atoms in total. The third-order valence-electron chi connectivity index (χ3n) is 6.13. The monoisotopic (exact) mass is 380 g/mol. The zero-order chi connectivity index (χ0) is 19.7. The number of carbonyl (C=O) groups excluding carboxylic acids is 2. The van der Waals surface area contributed by atoms with Crippen LogP contribution in [0.1, 0.15) is 39.9 Å². The number of carbonyl (C=O) groups is 2. The van der Waals surface area contributed by atoms with Gasteiger partial charge in [-0.3, -0.25) is 14.8 Å². The summed E-state index contributed by atoms with van der Waals surface area (Å²) in [6.07, 6.45) is 3.09. The second-order valence-corrected chi connectivity index (χ2v) is 7.67. The second kappa shape index (κ2) is 7.28. The van der Waals surface area contributed by atoms with Crippen molar-refractivity contribution in [2.45, 2.75) is 32.2 Å². The SMILES string of the molecule is COc1ccccc1CN1CCC2(CCc3cc(C(=O)NO)ccc3C2)C1=O. The van der Waals surface area contributed by atoms with Gasteiger partial charge in [-0.15, -0.1) is 0 Å². The minimum Gasteiger partial charge on any atom is -0.496 e. The number of methoxy groups -OCH3 is 1. The third kappa shape index (κ3) is 3.14. The Morgan fingerprint density at radius 1 is 1.21 bits per heavy atom. The molecule has 1 fully saturated rings. The Bertz CT molecular complexity index is 927. The summed E-state index contributed by atoms with van der Waals surface area (Å²) in [5.41, 5.74) is 4.98. The minimum absolute atomic E-state index is 0.209. The quantitative estimate of drug-likeness (QED) is 0.631. The molecule has 1 spiro atoms. The van der Waals surface area contributed by atoms with Gasteiger partial charge >= 0.3 is 0 Å². The maximum Gasteiger partial charge on any atom is 0.274 e. The lowest BCUT2D eigenvalue weighted by molar-refractivity contribution is -0.137. The van der Waals surface area contributed by atoms with E-state index in [2.05, 4.69) is 0 Å². The fraction of sp³-hybridized carbons (Fsp3) is 0.364. The van der Waals surface area contributed by atoms with Gasteiger partial charge in [0, 0.05) is 24.2 Å². The van der Waals surface area contributed by atoms with E-state index in [0.29, 0.717) is 18.5 Å². The van der Waals surface area contributed by atoms with Crippen LogP contribution in [0.4, 0.5) is 0 Å². The van der Waals surface area contributed by atoms with Gasteiger partial charge in [-0.2, -0.15) is 0 Å². The number of rotatable bonds is 4. The van der Waals surface area contributed by atoms with Crippen LogP contribution in [-0.2, 0) is 24.2 Å². The fourth-order valence-corrected chi connectivity index (χ4v) is 4.54. The summed E-state index contributed by atoms with van der Waals surface area (Å²) in [4.78, 5) is 26.9. The zero-order valence-corrected chi connectivity index (χ0v) is 15.9. The number of hydrogen-bond donors (Lipinski definition) is 2. The lowest BCUT2D eigenvalue weighted by Crippen LogP contribution is -2.38. The van der Waals surface area contributed by atoms with Crippen molar-refractivity contribution < 1.29 is 19.5 Å². The summed E-state index contributed by atoms with van der Waals surface area (Å²) in [6, 6.07) is 13.2. The highest BCUT2D eigenvalue weighted by Gasteiger charge is 2.48. The van der Waals surface area contributed by atoms with Crippen molar-refractivity contribution in [3.63, 3.8) is 0 Å². The van der Waals surface area contributed by atoms with E-state index in [1.165, 1.54) is 0 Å².